The summed E-state index contributed by atoms with van der Waals surface area (Å²) < 4.78 is 27.1. The standard InChI is InChI=1S/C16H20N2O2S/c1-3-14-8-9-15(10-16(14)17)21(19,20)18-11-13-6-4-12(2)5-7-13/h4-10,18H,3,11,17H2,1-2H3. The molecule has 0 unspecified atom stereocenters. The molecule has 0 spiro atoms. The van der Waals surface area contributed by atoms with Crippen molar-refractivity contribution in [3.8, 4) is 0 Å². The largest absolute Gasteiger partial charge is 0.398 e. The molecule has 0 saturated carbocycles. The minimum atomic E-state index is -3.55. The molecule has 5 heteroatoms. The monoisotopic (exact) mass is 304 g/mol. The second kappa shape index (κ2) is 6.28. The van der Waals surface area contributed by atoms with E-state index < -0.39 is 10.0 Å². The van der Waals surface area contributed by atoms with Gasteiger partial charge in [0, 0.05) is 12.2 Å². The van der Waals surface area contributed by atoms with Crippen LogP contribution in [0.2, 0.25) is 0 Å². The van der Waals surface area contributed by atoms with Crippen LogP contribution in [-0.2, 0) is 23.0 Å². The van der Waals surface area contributed by atoms with Crippen LogP contribution in [0.3, 0.4) is 0 Å². The Bertz CT molecular complexity index is 722. The van der Waals surface area contributed by atoms with E-state index in [0.717, 1.165) is 23.1 Å². The number of aryl methyl sites for hydroxylation is 2. The molecule has 0 fully saturated rings. The number of sulfonamides is 1. The van der Waals surface area contributed by atoms with Crippen molar-refractivity contribution >= 4 is 15.7 Å². The Morgan fingerprint density at radius 3 is 2.33 bits per heavy atom. The van der Waals surface area contributed by atoms with Crippen LogP contribution in [-0.4, -0.2) is 8.42 Å². The van der Waals surface area contributed by atoms with Crippen LogP contribution in [0, 0.1) is 6.92 Å². The summed E-state index contributed by atoms with van der Waals surface area (Å²) in [5, 5.41) is 0. The molecule has 0 bridgehead atoms. The van der Waals surface area contributed by atoms with Crippen molar-refractivity contribution in [3.05, 3.63) is 59.2 Å². The van der Waals surface area contributed by atoms with E-state index >= 15 is 0 Å². The summed E-state index contributed by atoms with van der Waals surface area (Å²) in [4.78, 5) is 0.198. The molecular weight excluding hydrogens is 284 g/mol. The molecule has 2 aromatic carbocycles. The SMILES string of the molecule is CCc1ccc(S(=O)(=O)NCc2ccc(C)cc2)cc1N. The van der Waals surface area contributed by atoms with Crippen molar-refractivity contribution in [1.29, 1.82) is 0 Å². The van der Waals surface area contributed by atoms with E-state index in [9.17, 15) is 8.42 Å². The van der Waals surface area contributed by atoms with E-state index in [0.29, 0.717) is 5.69 Å². The number of nitrogen functional groups attached to an aromatic ring is 1. The summed E-state index contributed by atoms with van der Waals surface area (Å²) in [6.07, 6.45) is 0.781. The minimum absolute atomic E-state index is 0.198. The molecule has 3 N–H and O–H groups in total. The van der Waals surface area contributed by atoms with Gasteiger partial charge < -0.3 is 5.73 Å². The zero-order chi connectivity index (χ0) is 15.5. The fraction of sp³-hybridized carbons (Fsp3) is 0.250. The number of hydrogen-bond donors (Lipinski definition) is 2. The zero-order valence-corrected chi connectivity index (χ0v) is 13.1. The maximum Gasteiger partial charge on any atom is 0.240 e. The van der Waals surface area contributed by atoms with Gasteiger partial charge in [-0.25, -0.2) is 13.1 Å². The molecule has 0 aliphatic rings. The van der Waals surface area contributed by atoms with E-state index in [-0.39, 0.29) is 11.4 Å². The van der Waals surface area contributed by atoms with Crippen LogP contribution in [0.25, 0.3) is 0 Å². The second-order valence-corrected chi connectivity index (χ2v) is 6.79. The van der Waals surface area contributed by atoms with Gasteiger partial charge in [0.25, 0.3) is 0 Å². The van der Waals surface area contributed by atoms with Crippen LogP contribution < -0.4 is 10.5 Å². The number of nitrogens with one attached hydrogen (secondary N) is 1. The molecule has 112 valence electrons. The topological polar surface area (TPSA) is 72.2 Å². The highest BCUT2D eigenvalue weighted by atomic mass is 32.2. The number of nitrogens with two attached hydrogens (primary N) is 1. The Morgan fingerprint density at radius 2 is 1.76 bits per heavy atom. The third kappa shape index (κ3) is 3.83. The van der Waals surface area contributed by atoms with Gasteiger partial charge in [0.1, 0.15) is 0 Å². The van der Waals surface area contributed by atoms with E-state index in [2.05, 4.69) is 4.72 Å². The van der Waals surface area contributed by atoms with Crippen molar-refractivity contribution in [2.75, 3.05) is 5.73 Å². The summed E-state index contributed by atoms with van der Waals surface area (Å²) in [7, 11) is -3.55. The van der Waals surface area contributed by atoms with Crippen molar-refractivity contribution < 1.29 is 8.42 Å². The number of anilines is 1. The first-order chi connectivity index (χ1) is 9.92. The van der Waals surface area contributed by atoms with Gasteiger partial charge >= 0.3 is 0 Å². The molecule has 0 radical (unpaired) electrons. The highest BCUT2D eigenvalue weighted by Gasteiger charge is 2.14. The molecule has 0 heterocycles. The van der Waals surface area contributed by atoms with Crippen LogP contribution in [0.4, 0.5) is 5.69 Å². The molecule has 21 heavy (non-hydrogen) atoms. The van der Waals surface area contributed by atoms with Crippen molar-refractivity contribution in [1.82, 2.24) is 4.72 Å². The van der Waals surface area contributed by atoms with Crippen LogP contribution in [0.15, 0.2) is 47.4 Å². The Balaban J connectivity index is 2.14. The molecule has 2 rings (SSSR count). The Labute approximate surface area is 126 Å². The van der Waals surface area contributed by atoms with Gasteiger partial charge in [0.2, 0.25) is 10.0 Å². The van der Waals surface area contributed by atoms with E-state index in [1.54, 1.807) is 12.1 Å². The van der Waals surface area contributed by atoms with E-state index in [4.69, 9.17) is 5.73 Å². The Kier molecular flexibility index (Phi) is 4.65. The molecule has 0 amide bonds. The Morgan fingerprint density at radius 1 is 1.10 bits per heavy atom. The third-order valence-electron chi connectivity index (χ3n) is 3.40. The van der Waals surface area contributed by atoms with Gasteiger partial charge in [-0.05, 0) is 36.6 Å². The van der Waals surface area contributed by atoms with Crippen LogP contribution in [0.5, 0.6) is 0 Å². The van der Waals surface area contributed by atoms with E-state index in [1.807, 2.05) is 38.1 Å². The third-order valence-corrected chi connectivity index (χ3v) is 4.79. The summed E-state index contributed by atoms with van der Waals surface area (Å²) >= 11 is 0. The van der Waals surface area contributed by atoms with E-state index in [1.165, 1.54) is 6.07 Å². The average molecular weight is 304 g/mol. The lowest BCUT2D eigenvalue weighted by Crippen LogP contribution is -2.23. The molecule has 0 aliphatic heterocycles. The number of rotatable bonds is 5. The lowest BCUT2D eigenvalue weighted by molar-refractivity contribution is 0.581. The summed E-state index contributed by atoms with van der Waals surface area (Å²) in [5.41, 5.74) is 9.38. The first-order valence-electron chi connectivity index (χ1n) is 6.86. The number of hydrogen-bond acceptors (Lipinski definition) is 3. The van der Waals surface area contributed by atoms with Gasteiger partial charge in [-0.2, -0.15) is 0 Å². The normalized spacial score (nSPS) is 11.5. The molecule has 2 aromatic rings. The maximum absolute atomic E-state index is 12.3. The number of benzene rings is 2. The zero-order valence-electron chi connectivity index (χ0n) is 12.3. The minimum Gasteiger partial charge on any atom is -0.398 e. The summed E-state index contributed by atoms with van der Waals surface area (Å²) in [6, 6.07) is 12.6. The molecule has 0 aromatic heterocycles. The molecule has 0 aliphatic carbocycles. The quantitative estimate of drug-likeness (QED) is 0.834. The van der Waals surface area contributed by atoms with Crippen LogP contribution in [0.1, 0.15) is 23.6 Å². The summed E-state index contributed by atoms with van der Waals surface area (Å²) in [6.45, 7) is 4.24. The lowest BCUT2D eigenvalue weighted by atomic mass is 10.1. The van der Waals surface area contributed by atoms with Gasteiger partial charge in [-0.1, -0.05) is 42.8 Å². The first-order valence-corrected chi connectivity index (χ1v) is 8.34. The fourth-order valence-electron chi connectivity index (χ4n) is 2.03. The van der Waals surface area contributed by atoms with Gasteiger partial charge in [-0.3, -0.25) is 0 Å². The fourth-order valence-corrected chi connectivity index (χ4v) is 3.08. The lowest BCUT2D eigenvalue weighted by Gasteiger charge is -2.09. The molecular formula is C16H20N2O2S. The highest BCUT2D eigenvalue weighted by molar-refractivity contribution is 7.89. The molecule has 4 nitrogen and oxygen atoms in total. The van der Waals surface area contributed by atoms with Crippen molar-refractivity contribution in [2.45, 2.75) is 31.7 Å². The second-order valence-electron chi connectivity index (χ2n) is 5.02. The van der Waals surface area contributed by atoms with Gasteiger partial charge in [-0.15, -0.1) is 0 Å². The van der Waals surface area contributed by atoms with Crippen LogP contribution >= 0.6 is 0 Å². The van der Waals surface area contributed by atoms with Gasteiger partial charge in [0.15, 0.2) is 0 Å². The maximum atomic E-state index is 12.3. The predicted molar refractivity (Wildman–Crippen MR) is 85.4 cm³/mol. The average Bonchev–Trinajstić information content (AvgIpc) is 2.46. The Hall–Kier alpha value is -1.85. The first kappa shape index (κ1) is 15.5. The highest BCUT2D eigenvalue weighted by Crippen LogP contribution is 2.18. The van der Waals surface area contributed by atoms with Crippen molar-refractivity contribution in [2.24, 2.45) is 0 Å². The molecule has 0 saturated heterocycles. The predicted octanol–water partition coefficient (Wildman–Crippen LogP) is 2.62. The molecule has 0 atom stereocenters. The summed E-state index contributed by atoms with van der Waals surface area (Å²) in [5.74, 6) is 0. The van der Waals surface area contributed by atoms with Gasteiger partial charge in [0.05, 0.1) is 4.90 Å². The smallest absolute Gasteiger partial charge is 0.240 e. The van der Waals surface area contributed by atoms with Crippen molar-refractivity contribution in [3.63, 3.8) is 0 Å².